The van der Waals surface area contributed by atoms with Crippen LogP contribution in [0.5, 0.6) is 0 Å². The van der Waals surface area contributed by atoms with Gasteiger partial charge < -0.3 is 20.0 Å². The molecule has 0 radical (unpaired) electrons. The molecule has 3 aromatic rings. The molecule has 1 aliphatic rings. The van der Waals surface area contributed by atoms with E-state index in [0.717, 1.165) is 16.9 Å². The van der Waals surface area contributed by atoms with E-state index in [9.17, 15) is 9.59 Å². The highest BCUT2D eigenvalue weighted by atomic mass is 35.5. The predicted octanol–water partition coefficient (Wildman–Crippen LogP) is 5.28. The van der Waals surface area contributed by atoms with Crippen molar-refractivity contribution in [2.24, 2.45) is 0 Å². The monoisotopic (exact) mass is 554 g/mol. The van der Waals surface area contributed by atoms with Gasteiger partial charge in [-0.05, 0) is 56.7 Å². The summed E-state index contributed by atoms with van der Waals surface area (Å²) in [5.41, 5.74) is 2.41. The van der Waals surface area contributed by atoms with Crippen molar-refractivity contribution in [1.82, 2.24) is 25.3 Å². The van der Waals surface area contributed by atoms with Crippen molar-refractivity contribution in [2.75, 3.05) is 37.6 Å². The van der Waals surface area contributed by atoms with E-state index in [0.29, 0.717) is 41.9 Å². The summed E-state index contributed by atoms with van der Waals surface area (Å²) in [5, 5.41) is 12.7. The van der Waals surface area contributed by atoms with Gasteiger partial charge in [-0.15, -0.1) is 10.2 Å². The highest BCUT2D eigenvalue weighted by Gasteiger charge is 2.29. The van der Waals surface area contributed by atoms with Crippen molar-refractivity contribution in [1.29, 1.82) is 0 Å². The maximum atomic E-state index is 13.3. The molecule has 200 valence electrons. The Labute approximate surface area is 233 Å². The Morgan fingerprint density at radius 1 is 0.947 bits per heavy atom. The summed E-state index contributed by atoms with van der Waals surface area (Å²) < 4.78 is 0. The first-order chi connectivity index (χ1) is 18.2. The first kappa shape index (κ1) is 27.7. The zero-order valence-corrected chi connectivity index (χ0v) is 23.3. The number of carbonyl (C=O) groups is 2. The number of amides is 3. The van der Waals surface area contributed by atoms with E-state index in [2.05, 4.69) is 20.4 Å². The third kappa shape index (κ3) is 6.74. The molecule has 1 aromatic heterocycles. The quantitative estimate of drug-likeness (QED) is 0.429. The number of hydrogen-bond acceptors (Lipinski definition) is 5. The van der Waals surface area contributed by atoms with Crippen LogP contribution in [0.15, 0.2) is 60.7 Å². The lowest BCUT2D eigenvalue weighted by molar-refractivity contribution is -0.132. The highest BCUT2D eigenvalue weighted by molar-refractivity contribution is 6.36. The molecule has 10 heteroatoms. The summed E-state index contributed by atoms with van der Waals surface area (Å²) in [4.78, 5) is 31.8. The minimum atomic E-state index is -0.250. The Morgan fingerprint density at radius 2 is 1.66 bits per heavy atom. The fourth-order valence-corrected chi connectivity index (χ4v) is 4.90. The Hall–Kier alpha value is -3.36. The van der Waals surface area contributed by atoms with Crippen molar-refractivity contribution in [2.45, 2.75) is 32.9 Å². The average molecular weight is 556 g/mol. The van der Waals surface area contributed by atoms with Gasteiger partial charge in [0.05, 0.1) is 16.8 Å². The molecule has 1 aliphatic heterocycles. The van der Waals surface area contributed by atoms with Gasteiger partial charge in [0, 0.05) is 42.8 Å². The molecule has 1 atom stereocenters. The standard InChI is InChI=1S/C28H32Cl2N6O2/c1-19(2)31-28(38)36(20(3)21-7-5-4-6-8-21)18-27(37)35-15-13-34(14-16-35)26-12-11-25(32-33-26)23-10-9-22(29)17-24(23)30/h4-12,17,19-20H,13-16,18H2,1-3H3,(H,31,38)/t20-/m1/s1. The number of rotatable bonds is 7. The number of piperazine rings is 1. The van der Waals surface area contributed by atoms with E-state index in [1.807, 2.05) is 69.3 Å². The van der Waals surface area contributed by atoms with E-state index in [1.54, 1.807) is 21.9 Å². The predicted molar refractivity (Wildman–Crippen MR) is 152 cm³/mol. The Kier molecular flexibility index (Phi) is 9.07. The molecule has 8 nitrogen and oxygen atoms in total. The van der Waals surface area contributed by atoms with Crippen molar-refractivity contribution >= 4 is 41.0 Å². The zero-order chi connectivity index (χ0) is 27.2. The smallest absolute Gasteiger partial charge is 0.318 e. The van der Waals surface area contributed by atoms with Gasteiger partial charge in [-0.2, -0.15) is 0 Å². The van der Waals surface area contributed by atoms with Crippen LogP contribution in [0.4, 0.5) is 10.6 Å². The molecule has 0 bridgehead atoms. The van der Waals surface area contributed by atoms with Crippen LogP contribution in [0.3, 0.4) is 0 Å². The molecule has 0 spiro atoms. The summed E-state index contributed by atoms with van der Waals surface area (Å²) in [7, 11) is 0. The number of nitrogens with zero attached hydrogens (tertiary/aromatic N) is 5. The van der Waals surface area contributed by atoms with E-state index < -0.39 is 0 Å². The SMILES string of the molecule is CC(C)NC(=O)N(CC(=O)N1CCN(c2ccc(-c3ccc(Cl)cc3Cl)nn2)CC1)[C@H](C)c1ccccc1. The number of nitrogens with one attached hydrogen (secondary N) is 1. The van der Waals surface area contributed by atoms with Crippen LogP contribution in [0, 0.1) is 0 Å². The van der Waals surface area contributed by atoms with Crippen LogP contribution in [0.2, 0.25) is 10.0 Å². The lowest BCUT2D eigenvalue weighted by atomic mass is 10.1. The third-order valence-corrected chi connectivity index (χ3v) is 7.09. The van der Waals surface area contributed by atoms with E-state index in [4.69, 9.17) is 23.2 Å². The third-order valence-electron chi connectivity index (χ3n) is 6.54. The number of hydrogen-bond donors (Lipinski definition) is 1. The Bertz CT molecular complexity index is 1250. The fourth-order valence-electron chi connectivity index (χ4n) is 4.39. The number of halogens is 2. The zero-order valence-electron chi connectivity index (χ0n) is 21.8. The molecule has 4 rings (SSSR count). The first-order valence-electron chi connectivity index (χ1n) is 12.7. The molecule has 38 heavy (non-hydrogen) atoms. The van der Waals surface area contributed by atoms with Crippen LogP contribution in [-0.2, 0) is 4.79 Å². The van der Waals surface area contributed by atoms with Gasteiger partial charge >= 0.3 is 6.03 Å². The lowest BCUT2D eigenvalue weighted by Gasteiger charge is -2.37. The Balaban J connectivity index is 1.38. The lowest BCUT2D eigenvalue weighted by Crippen LogP contribution is -2.53. The maximum Gasteiger partial charge on any atom is 0.318 e. The number of aromatic nitrogens is 2. The topological polar surface area (TPSA) is 81.7 Å². The molecular weight excluding hydrogens is 523 g/mol. The second-order valence-corrected chi connectivity index (χ2v) is 10.4. The molecule has 0 saturated carbocycles. The number of benzene rings is 2. The number of anilines is 1. The fraction of sp³-hybridized carbons (Fsp3) is 0.357. The molecule has 0 unspecified atom stereocenters. The van der Waals surface area contributed by atoms with Crippen molar-refractivity contribution in [3.05, 3.63) is 76.3 Å². The molecule has 2 heterocycles. The summed E-state index contributed by atoms with van der Waals surface area (Å²) in [6.45, 7) is 8.07. The largest absolute Gasteiger partial charge is 0.352 e. The molecular formula is C28H32Cl2N6O2. The number of carbonyl (C=O) groups excluding carboxylic acids is 2. The summed E-state index contributed by atoms with van der Waals surface area (Å²) >= 11 is 12.3. The second kappa shape index (κ2) is 12.5. The maximum absolute atomic E-state index is 13.3. The van der Waals surface area contributed by atoms with Gasteiger partial charge in [0.25, 0.3) is 0 Å². The summed E-state index contributed by atoms with van der Waals surface area (Å²) in [5.74, 6) is 0.659. The van der Waals surface area contributed by atoms with Gasteiger partial charge in [0.1, 0.15) is 6.54 Å². The van der Waals surface area contributed by atoms with Gasteiger partial charge in [-0.25, -0.2) is 4.79 Å². The van der Waals surface area contributed by atoms with Crippen LogP contribution >= 0.6 is 23.2 Å². The van der Waals surface area contributed by atoms with E-state index >= 15 is 0 Å². The molecule has 2 aromatic carbocycles. The normalized spacial score (nSPS) is 14.4. The molecule has 1 fully saturated rings. The van der Waals surface area contributed by atoms with Crippen LogP contribution in [0.25, 0.3) is 11.3 Å². The average Bonchev–Trinajstić information content (AvgIpc) is 2.91. The molecule has 1 saturated heterocycles. The summed E-state index contributed by atoms with van der Waals surface area (Å²) in [6.07, 6.45) is 0. The van der Waals surface area contributed by atoms with E-state index in [1.165, 1.54) is 0 Å². The van der Waals surface area contributed by atoms with Crippen LogP contribution < -0.4 is 10.2 Å². The van der Waals surface area contributed by atoms with Crippen molar-refractivity contribution < 1.29 is 9.59 Å². The van der Waals surface area contributed by atoms with Gasteiger partial charge in [-0.1, -0.05) is 53.5 Å². The van der Waals surface area contributed by atoms with Gasteiger partial charge in [0.15, 0.2) is 5.82 Å². The van der Waals surface area contributed by atoms with E-state index in [-0.39, 0.29) is 30.6 Å². The first-order valence-corrected chi connectivity index (χ1v) is 13.4. The van der Waals surface area contributed by atoms with Gasteiger partial charge in [-0.3, -0.25) is 4.79 Å². The summed E-state index contributed by atoms with van der Waals surface area (Å²) in [6, 6.07) is 18.3. The minimum Gasteiger partial charge on any atom is -0.352 e. The van der Waals surface area contributed by atoms with Crippen molar-refractivity contribution in [3.8, 4) is 11.3 Å². The van der Waals surface area contributed by atoms with Gasteiger partial charge in [0.2, 0.25) is 5.91 Å². The minimum absolute atomic E-state index is 0.00493. The number of urea groups is 1. The molecule has 0 aliphatic carbocycles. The Morgan fingerprint density at radius 3 is 2.26 bits per heavy atom. The van der Waals surface area contributed by atoms with Crippen LogP contribution in [-0.4, -0.2) is 70.7 Å². The van der Waals surface area contributed by atoms with Crippen molar-refractivity contribution in [3.63, 3.8) is 0 Å². The second-order valence-electron chi connectivity index (χ2n) is 9.59. The molecule has 3 amide bonds. The molecule has 1 N–H and O–H groups in total. The highest BCUT2D eigenvalue weighted by Crippen LogP contribution is 2.29. The van der Waals surface area contributed by atoms with Crippen LogP contribution in [0.1, 0.15) is 32.4 Å².